The van der Waals surface area contributed by atoms with Crippen LogP contribution in [0.2, 0.25) is 0 Å². The molecule has 5 heteroatoms. The van der Waals surface area contributed by atoms with Gasteiger partial charge in [-0.3, -0.25) is 4.79 Å². The molecular formula is C16H20FNO3. The van der Waals surface area contributed by atoms with Gasteiger partial charge in [0, 0.05) is 31.6 Å². The minimum absolute atomic E-state index is 0.0225. The second kappa shape index (κ2) is 9.92. The predicted octanol–water partition coefficient (Wildman–Crippen LogP) is 2.31. The Balaban J connectivity index is 2.52. The summed E-state index contributed by atoms with van der Waals surface area (Å²) < 4.78 is 18.9. The predicted molar refractivity (Wildman–Crippen MR) is 79.3 cm³/mol. The summed E-state index contributed by atoms with van der Waals surface area (Å²) in [4.78, 5) is 11.6. The van der Waals surface area contributed by atoms with Crippen LogP contribution in [0.5, 0.6) is 0 Å². The van der Waals surface area contributed by atoms with E-state index in [-0.39, 0.29) is 24.6 Å². The molecule has 0 saturated heterocycles. The van der Waals surface area contributed by atoms with Crippen molar-refractivity contribution in [2.45, 2.75) is 26.2 Å². The van der Waals surface area contributed by atoms with E-state index in [0.717, 1.165) is 0 Å². The van der Waals surface area contributed by atoms with Crippen molar-refractivity contribution in [3.05, 3.63) is 29.6 Å². The number of rotatable bonds is 7. The fourth-order valence-corrected chi connectivity index (χ4v) is 1.61. The SMILES string of the molecule is CCOCCCC(=O)Nc1ccc(C#CCCO)cc1F. The van der Waals surface area contributed by atoms with Crippen molar-refractivity contribution in [2.24, 2.45) is 0 Å². The molecule has 0 saturated carbocycles. The number of hydrogen-bond donors (Lipinski definition) is 2. The first kappa shape index (κ1) is 17.2. The normalized spacial score (nSPS) is 9.86. The van der Waals surface area contributed by atoms with E-state index in [1.807, 2.05) is 6.92 Å². The van der Waals surface area contributed by atoms with Crippen LogP contribution in [-0.4, -0.2) is 30.8 Å². The lowest BCUT2D eigenvalue weighted by Gasteiger charge is -2.07. The maximum Gasteiger partial charge on any atom is 0.224 e. The quantitative estimate of drug-likeness (QED) is 0.599. The van der Waals surface area contributed by atoms with Crippen molar-refractivity contribution in [1.29, 1.82) is 0 Å². The third-order valence-corrected chi connectivity index (χ3v) is 2.61. The zero-order valence-corrected chi connectivity index (χ0v) is 12.1. The first-order chi connectivity index (χ1) is 10.2. The van der Waals surface area contributed by atoms with E-state index in [4.69, 9.17) is 9.84 Å². The van der Waals surface area contributed by atoms with Crippen LogP contribution in [0.1, 0.15) is 31.7 Å². The third kappa shape index (κ3) is 6.89. The van der Waals surface area contributed by atoms with Crippen LogP contribution in [0, 0.1) is 17.7 Å². The molecule has 1 aromatic rings. The van der Waals surface area contributed by atoms with Crippen molar-refractivity contribution in [3.63, 3.8) is 0 Å². The first-order valence-electron chi connectivity index (χ1n) is 6.94. The summed E-state index contributed by atoms with van der Waals surface area (Å²) in [6.45, 7) is 3.01. The lowest BCUT2D eigenvalue weighted by atomic mass is 10.2. The summed E-state index contributed by atoms with van der Waals surface area (Å²) in [5.74, 6) is 4.68. The van der Waals surface area contributed by atoms with E-state index in [1.165, 1.54) is 12.1 Å². The number of benzene rings is 1. The summed E-state index contributed by atoms with van der Waals surface area (Å²) >= 11 is 0. The van der Waals surface area contributed by atoms with Gasteiger partial charge in [0.1, 0.15) is 5.82 Å². The summed E-state index contributed by atoms with van der Waals surface area (Å²) in [5, 5.41) is 11.1. The zero-order valence-electron chi connectivity index (χ0n) is 12.1. The van der Waals surface area contributed by atoms with Crippen LogP contribution in [0.4, 0.5) is 10.1 Å². The number of nitrogens with one attached hydrogen (secondary N) is 1. The standard InChI is InChI=1S/C16H20FNO3/c1-2-21-11-5-7-16(20)18-15-9-8-13(12-14(15)17)6-3-4-10-19/h8-9,12,19H,2,4-5,7,10-11H2,1H3,(H,18,20). The number of halogens is 1. The Labute approximate surface area is 124 Å². The van der Waals surface area contributed by atoms with Gasteiger partial charge >= 0.3 is 0 Å². The number of hydrogen-bond acceptors (Lipinski definition) is 3. The number of ether oxygens (including phenoxy) is 1. The van der Waals surface area contributed by atoms with Gasteiger partial charge in [-0.1, -0.05) is 11.8 Å². The number of carbonyl (C=O) groups is 1. The van der Waals surface area contributed by atoms with Crippen molar-refractivity contribution >= 4 is 11.6 Å². The van der Waals surface area contributed by atoms with Crippen molar-refractivity contribution < 1.29 is 19.0 Å². The van der Waals surface area contributed by atoms with Gasteiger partial charge in [-0.2, -0.15) is 0 Å². The average molecular weight is 293 g/mol. The van der Waals surface area contributed by atoms with Gasteiger partial charge in [-0.25, -0.2) is 4.39 Å². The van der Waals surface area contributed by atoms with Crippen LogP contribution in [0.15, 0.2) is 18.2 Å². The highest BCUT2D eigenvalue weighted by Gasteiger charge is 2.07. The highest BCUT2D eigenvalue weighted by Crippen LogP contribution is 2.15. The summed E-state index contributed by atoms with van der Waals surface area (Å²) in [7, 11) is 0. The van der Waals surface area contributed by atoms with E-state index in [1.54, 1.807) is 6.07 Å². The highest BCUT2D eigenvalue weighted by molar-refractivity contribution is 5.90. The molecule has 1 rings (SSSR count). The minimum atomic E-state index is -0.524. The lowest BCUT2D eigenvalue weighted by Crippen LogP contribution is -2.13. The fourth-order valence-electron chi connectivity index (χ4n) is 1.61. The lowest BCUT2D eigenvalue weighted by molar-refractivity contribution is -0.116. The van der Waals surface area contributed by atoms with Gasteiger partial charge < -0.3 is 15.2 Å². The topological polar surface area (TPSA) is 58.6 Å². The molecule has 0 aliphatic rings. The number of amides is 1. The van der Waals surface area contributed by atoms with Crippen molar-refractivity contribution in [3.8, 4) is 11.8 Å². The summed E-state index contributed by atoms with van der Waals surface area (Å²) in [6, 6.07) is 4.38. The molecule has 2 N–H and O–H groups in total. The molecule has 0 fully saturated rings. The molecule has 0 atom stereocenters. The summed E-state index contributed by atoms with van der Waals surface area (Å²) in [6.07, 6.45) is 1.24. The molecule has 1 aromatic carbocycles. The molecule has 114 valence electrons. The molecule has 0 aliphatic heterocycles. The smallest absolute Gasteiger partial charge is 0.224 e. The Bertz CT molecular complexity index is 520. The zero-order chi connectivity index (χ0) is 15.5. The van der Waals surface area contributed by atoms with Gasteiger partial charge in [0.15, 0.2) is 0 Å². The molecular weight excluding hydrogens is 273 g/mol. The molecule has 0 unspecified atom stereocenters. The van der Waals surface area contributed by atoms with Crippen LogP contribution >= 0.6 is 0 Å². The number of carbonyl (C=O) groups excluding carboxylic acids is 1. The van der Waals surface area contributed by atoms with E-state index in [2.05, 4.69) is 17.2 Å². The van der Waals surface area contributed by atoms with Gasteiger partial charge in [0.05, 0.1) is 12.3 Å². The molecule has 0 bridgehead atoms. The Morgan fingerprint density at radius 1 is 1.48 bits per heavy atom. The Kier molecular flexibility index (Phi) is 8.10. The van der Waals surface area contributed by atoms with Crippen molar-refractivity contribution in [1.82, 2.24) is 0 Å². The van der Waals surface area contributed by atoms with Crippen LogP contribution < -0.4 is 5.32 Å². The van der Waals surface area contributed by atoms with Gasteiger partial charge in [-0.15, -0.1) is 0 Å². The van der Waals surface area contributed by atoms with Gasteiger partial charge in [0.25, 0.3) is 0 Å². The van der Waals surface area contributed by atoms with E-state index in [9.17, 15) is 9.18 Å². The number of aliphatic hydroxyl groups is 1. The number of anilines is 1. The number of aliphatic hydroxyl groups excluding tert-OH is 1. The van der Waals surface area contributed by atoms with Crippen LogP contribution in [0.25, 0.3) is 0 Å². The largest absolute Gasteiger partial charge is 0.395 e. The first-order valence-corrected chi connectivity index (χ1v) is 6.94. The fraction of sp³-hybridized carbons (Fsp3) is 0.438. The summed E-state index contributed by atoms with van der Waals surface area (Å²) in [5.41, 5.74) is 0.652. The van der Waals surface area contributed by atoms with Gasteiger partial charge in [-0.05, 0) is 31.5 Å². The van der Waals surface area contributed by atoms with Crippen LogP contribution in [0.3, 0.4) is 0 Å². The monoisotopic (exact) mass is 293 g/mol. The maximum atomic E-state index is 13.8. The maximum absolute atomic E-state index is 13.8. The van der Waals surface area contributed by atoms with Crippen LogP contribution in [-0.2, 0) is 9.53 Å². The molecule has 0 aliphatic carbocycles. The van der Waals surface area contributed by atoms with Crippen molar-refractivity contribution in [2.75, 3.05) is 25.1 Å². The van der Waals surface area contributed by atoms with E-state index >= 15 is 0 Å². The molecule has 1 amide bonds. The minimum Gasteiger partial charge on any atom is -0.395 e. The molecule has 21 heavy (non-hydrogen) atoms. The Morgan fingerprint density at radius 3 is 2.95 bits per heavy atom. The van der Waals surface area contributed by atoms with E-state index < -0.39 is 5.82 Å². The Morgan fingerprint density at radius 2 is 2.29 bits per heavy atom. The Hall–Kier alpha value is -1.90. The second-order valence-corrected chi connectivity index (χ2v) is 4.32. The molecule has 0 heterocycles. The molecule has 4 nitrogen and oxygen atoms in total. The average Bonchev–Trinajstić information content (AvgIpc) is 2.47. The second-order valence-electron chi connectivity index (χ2n) is 4.32. The van der Waals surface area contributed by atoms with E-state index in [0.29, 0.717) is 31.6 Å². The molecule has 0 aromatic heterocycles. The molecule has 0 radical (unpaired) electrons. The van der Waals surface area contributed by atoms with Gasteiger partial charge in [0.2, 0.25) is 5.91 Å². The highest BCUT2D eigenvalue weighted by atomic mass is 19.1. The molecule has 0 spiro atoms. The third-order valence-electron chi connectivity index (χ3n) is 2.61.